The molecule has 0 bridgehead atoms. The molecule has 1 saturated heterocycles. The Balaban J connectivity index is 2.63. The number of amides is 1. The lowest BCUT2D eigenvalue weighted by Gasteiger charge is -2.25. The standard InChI is InChI=1S/C15H31N3O/c1-4-5-9-18-10-8-13(11-16)17-14(15(18)19)7-6-12(2)3/h12-14,17H,4-11,16H2,1-3H3/t13-,14-/m0/s1. The molecule has 1 heterocycles. The van der Waals surface area contributed by atoms with Crippen LogP contribution < -0.4 is 11.1 Å². The lowest BCUT2D eigenvalue weighted by Crippen LogP contribution is -2.47. The number of carbonyl (C=O) groups excluding carboxylic acids is 1. The highest BCUT2D eigenvalue weighted by molar-refractivity contribution is 5.82. The highest BCUT2D eigenvalue weighted by Crippen LogP contribution is 2.14. The van der Waals surface area contributed by atoms with Crippen LogP contribution in [0.5, 0.6) is 0 Å². The third kappa shape index (κ3) is 5.49. The third-order valence-corrected chi connectivity index (χ3v) is 3.89. The molecule has 1 amide bonds. The van der Waals surface area contributed by atoms with Gasteiger partial charge in [-0.05, 0) is 31.6 Å². The summed E-state index contributed by atoms with van der Waals surface area (Å²) in [6.07, 6.45) is 5.21. The molecule has 1 aliphatic heterocycles. The van der Waals surface area contributed by atoms with Crippen LogP contribution in [0.4, 0.5) is 0 Å². The predicted octanol–water partition coefficient (Wildman–Crippen LogP) is 1.74. The van der Waals surface area contributed by atoms with E-state index in [1.165, 1.54) is 0 Å². The van der Waals surface area contributed by atoms with Gasteiger partial charge in [-0.3, -0.25) is 4.79 Å². The second-order valence-corrected chi connectivity index (χ2v) is 6.09. The van der Waals surface area contributed by atoms with E-state index in [1.54, 1.807) is 0 Å². The minimum Gasteiger partial charge on any atom is -0.341 e. The molecular weight excluding hydrogens is 238 g/mol. The van der Waals surface area contributed by atoms with Gasteiger partial charge in [0.05, 0.1) is 6.04 Å². The van der Waals surface area contributed by atoms with E-state index in [1.807, 2.05) is 4.90 Å². The van der Waals surface area contributed by atoms with Crippen molar-refractivity contribution in [3.05, 3.63) is 0 Å². The number of nitrogens with one attached hydrogen (secondary N) is 1. The number of nitrogens with two attached hydrogens (primary N) is 1. The van der Waals surface area contributed by atoms with E-state index in [0.717, 1.165) is 45.2 Å². The van der Waals surface area contributed by atoms with Crippen molar-refractivity contribution in [2.75, 3.05) is 19.6 Å². The van der Waals surface area contributed by atoms with Crippen LogP contribution in [-0.2, 0) is 4.79 Å². The van der Waals surface area contributed by atoms with Crippen molar-refractivity contribution in [3.63, 3.8) is 0 Å². The summed E-state index contributed by atoms with van der Waals surface area (Å²) in [6, 6.07) is 0.253. The maximum Gasteiger partial charge on any atom is 0.239 e. The van der Waals surface area contributed by atoms with Crippen molar-refractivity contribution in [2.45, 2.75) is 65.0 Å². The van der Waals surface area contributed by atoms with Crippen LogP contribution in [0, 0.1) is 5.92 Å². The zero-order chi connectivity index (χ0) is 14.3. The molecule has 0 aromatic heterocycles. The first-order valence-electron chi connectivity index (χ1n) is 7.83. The van der Waals surface area contributed by atoms with Crippen LogP contribution >= 0.6 is 0 Å². The number of hydrogen-bond donors (Lipinski definition) is 2. The van der Waals surface area contributed by atoms with Crippen molar-refractivity contribution in [1.82, 2.24) is 10.2 Å². The summed E-state index contributed by atoms with van der Waals surface area (Å²) in [7, 11) is 0. The van der Waals surface area contributed by atoms with Crippen LogP contribution in [0.1, 0.15) is 52.9 Å². The molecule has 3 N–H and O–H groups in total. The second kappa shape index (κ2) is 8.54. The van der Waals surface area contributed by atoms with Gasteiger partial charge in [-0.1, -0.05) is 27.2 Å². The first-order chi connectivity index (χ1) is 9.08. The minimum absolute atomic E-state index is 0.0321. The Labute approximate surface area is 118 Å². The zero-order valence-electron chi connectivity index (χ0n) is 12.8. The summed E-state index contributed by atoms with van der Waals surface area (Å²) in [6.45, 7) is 8.94. The summed E-state index contributed by atoms with van der Waals surface area (Å²) in [5.41, 5.74) is 5.79. The number of nitrogens with zero attached hydrogens (tertiary/aromatic N) is 1. The molecule has 2 atom stereocenters. The Morgan fingerprint density at radius 2 is 2.21 bits per heavy atom. The minimum atomic E-state index is -0.0321. The Morgan fingerprint density at radius 1 is 1.47 bits per heavy atom. The Morgan fingerprint density at radius 3 is 2.79 bits per heavy atom. The van der Waals surface area contributed by atoms with E-state index < -0.39 is 0 Å². The molecule has 1 aliphatic rings. The summed E-state index contributed by atoms with van der Waals surface area (Å²) >= 11 is 0. The van der Waals surface area contributed by atoms with E-state index in [9.17, 15) is 4.79 Å². The number of rotatable bonds is 7. The fourth-order valence-corrected chi connectivity index (χ4v) is 2.55. The molecule has 0 aromatic carbocycles. The molecule has 0 saturated carbocycles. The molecular formula is C15H31N3O. The highest BCUT2D eigenvalue weighted by atomic mass is 16.2. The molecule has 0 unspecified atom stereocenters. The van der Waals surface area contributed by atoms with E-state index >= 15 is 0 Å². The van der Waals surface area contributed by atoms with Gasteiger partial charge in [0, 0.05) is 25.7 Å². The van der Waals surface area contributed by atoms with Gasteiger partial charge in [0.2, 0.25) is 5.91 Å². The van der Waals surface area contributed by atoms with Crippen molar-refractivity contribution in [1.29, 1.82) is 0 Å². The molecule has 4 nitrogen and oxygen atoms in total. The number of unbranched alkanes of at least 4 members (excludes halogenated alkanes) is 1. The molecule has 19 heavy (non-hydrogen) atoms. The van der Waals surface area contributed by atoms with E-state index in [-0.39, 0.29) is 18.0 Å². The third-order valence-electron chi connectivity index (χ3n) is 3.89. The van der Waals surface area contributed by atoms with Crippen LogP contribution in [0.25, 0.3) is 0 Å². The first-order valence-corrected chi connectivity index (χ1v) is 7.83. The largest absolute Gasteiger partial charge is 0.341 e. The van der Waals surface area contributed by atoms with Crippen LogP contribution in [0.2, 0.25) is 0 Å². The molecule has 1 rings (SSSR count). The van der Waals surface area contributed by atoms with Gasteiger partial charge >= 0.3 is 0 Å². The van der Waals surface area contributed by atoms with Gasteiger partial charge in [-0.2, -0.15) is 0 Å². The maximum atomic E-state index is 12.5. The van der Waals surface area contributed by atoms with Gasteiger partial charge < -0.3 is 16.0 Å². The predicted molar refractivity (Wildman–Crippen MR) is 79.9 cm³/mol. The average molecular weight is 269 g/mol. The molecule has 112 valence electrons. The van der Waals surface area contributed by atoms with Gasteiger partial charge in [-0.15, -0.1) is 0 Å². The molecule has 0 spiro atoms. The molecule has 0 aliphatic carbocycles. The fraction of sp³-hybridized carbons (Fsp3) is 0.933. The lowest BCUT2D eigenvalue weighted by molar-refractivity contribution is -0.133. The van der Waals surface area contributed by atoms with Crippen molar-refractivity contribution < 1.29 is 4.79 Å². The Hall–Kier alpha value is -0.610. The van der Waals surface area contributed by atoms with Crippen LogP contribution in [0.15, 0.2) is 0 Å². The van der Waals surface area contributed by atoms with E-state index in [0.29, 0.717) is 12.5 Å². The quantitative estimate of drug-likeness (QED) is 0.740. The SMILES string of the molecule is CCCCN1CC[C@@H](CN)N[C@@H](CCC(C)C)C1=O. The summed E-state index contributed by atoms with van der Waals surface area (Å²) in [5, 5.41) is 3.46. The molecule has 4 heteroatoms. The van der Waals surface area contributed by atoms with Gasteiger partial charge in [0.25, 0.3) is 0 Å². The van der Waals surface area contributed by atoms with Gasteiger partial charge in [0.15, 0.2) is 0 Å². The van der Waals surface area contributed by atoms with E-state index in [2.05, 4.69) is 26.1 Å². The fourth-order valence-electron chi connectivity index (χ4n) is 2.55. The normalized spacial score (nSPS) is 24.9. The zero-order valence-corrected chi connectivity index (χ0v) is 12.8. The highest BCUT2D eigenvalue weighted by Gasteiger charge is 2.29. The molecule has 0 aromatic rings. The monoisotopic (exact) mass is 269 g/mol. The van der Waals surface area contributed by atoms with Crippen molar-refractivity contribution in [3.8, 4) is 0 Å². The summed E-state index contributed by atoms with van der Waals surface area (Å²) < 4.78 is 0. The molecule has 1 fully saturated rings. The van der Waals surface area contributed by atoms with Crippen molar-refractivity contribution >= 4 is 5.91 Å². The Bertz CT molecular complexity index is 268. The summed E-state index contributed by atoms with van der Waals surface area (Å²) in [5.74, 6) is 0.920. The van der Waals surface area contributed by atoms with Gasteiger partial charge in [-0.25, -0.2) is 0 Å². The summed E-state index contributed by atoms with van der Waals surface area (Å²) in [4.78, 5) is 14.6. The maximum absolute atomic E-state index is 12.5. The second-order valence-electron chi connectivity index (χ2n) is 6.09. The molecule has 0 radical (unpaired) electrons. The lowest BCUT2D eigenvalue weighted by atomic mass is 10.0. The Kier molecular flexibility index (Phi) is 7.39. The van der Waals surface area contributed by atoms with E-state index in [4.69, 9.17) is 5.73 Å². The number of carbonyl (C=O) groups is 1. The smallest absolute Gasteiger partial charge is 0.239 e. The topological polar surface area (TPSA) is 58.4 Å². The van der Waals surface area contributed by atoms with Crippen LogP contribution in [-0.4, -0.2) is 42.5 Å². The number of hydrogen-bond acceptors (Lipinski definition) is 3. The average Bonchev–Trinajstić information content (AvgIpc) is 2.54. The van der Waals surface area contributed by atoms with Crippen molar-refractivity contribution in [2.24, 2.45) is 11.7 Å². The first kappa shape index (κ1) is 16.4. The van der Waals surface area contributed by atoms with Gasteiger partial charge in [0.1, 0.15) is 0 Å². The van der Waals surface area contributed by atoms with Crippen LogP contribution in [0.3, 0.4) is 0 Å².